The minimum absolute atomic E-state index is 0.131. The second-order valence-electron chi connectivity index (χ2n) is 9.35. The lowest BCUT2D eigenvalue weighted by molar-refractivity contribution is 0.104. The highest BCUT2D eigenvalue weighted by atomic mass is 16.5. The second kappa shape index (κ2) is 9.49. The summed E-state index contributed by atoms with van der Waals surface area (Å²) < 4.78 is 7.49. The smallest absolute Gasteiger partial charge is 0.195 e. The molecule has 0 aliphatic carbocycles. The first-order valence-electron chi connectivity index (χ1n) is 12.5. The number of ketones is 1. The summed E-state index contributed by atoms with van der Waals surface area (Å²) in [6.07, 6.45) is 0.847. The van der Waals surface area contributed by atoms with Gasteiger partial charge in [-0.1, -0.05) is 90.5 Å². The molecule has 0 N–H and O–H groups in total. The number of para-hydroxylation sites is 1. The van der Waals surface area contributed by atoms with Crippen LogP contribution >= 0.6 is 0 Å². The van der Waals surface area contributed by atoms with Crippen molar-refractivity contribution < 1.29 is 14.3 Å². The van der Waals surface area contributed by atoms with Gasteiger partial charge in [-0.3, -0.25) is 9.59 Å². The zero-order chi connectivity index (χ0) is 26.2. The van der Waals surface area contributed by atoms with Crippen LogP contribution in [0.25, 0.3) is 38.8 Å². The molecule has 0 aliphatic rings. The number of fused-ring (bicyclic) bond motifs is 3. The fourth-order valence-corrected chi connectivity index (χ4v) is 5.20. The van der Waals surface area contributed by atoms with Crippen LogP contribution in [0, 0.1) is 6.92 Å². The molecule has 184 valence electrons. The van der Waals surface area contributed by atoms with Crippen molar-refractivity contribution >= 4 is 28.5 Å². The topological polar surface area (TPSA) is 47.8 Å². The van der Waals surface area contributed by atoms with Crippen molar-refractivity contribution in [3.63, 3.8) is 0 Å². The third-order valence-electron chi connectivity index (χ3n) is 7.03. The average molecular weight is 496 g/mol. The Hall–Kier alpha value is -4.96. The van der Waals surface area contributed by atoms with E-state index in [1.807, 2.05) is 116 Å². The average Bonchev–Trinajstić information content (AvgIpc) is 3.34. The van der Waals surface area contributed by atoms with Gasteiger partial charge in [0.05, 0.1) is 29.4 Å². The van der Waals surface area contributed by atoms with Gasteiger partial charge in [0, 0.05) is 16.7 Å². The zero-order valence-corrected chi connectivity index (χ0v) is 21.1. The number of ether oxygens (including phenoxy) is 1. The van der Waals surface area contributed by atoms with Crippen LogP contribution in [0.1, 0.15) is 31.8 Å². The lowest BCUT2D eigenvalue weighted by atomic mass is 9.92. The van der Waals surface area contributed by atoms with E-state index in [-0.39, 0.29) is 5.78 Å². The van der Waals surface area contributed by atoms with E-state index in [9.17, 15) is 9.59 Å². The quantitative estimate of drug-likeness (QED) is 0.175. The Morgan fingerprint density at radius 3 is 2.16 bits per heavy atom. The SMILES string of the molecule is COc1ccc(-c2c(C(=O)c3ccc(C)cc3)c3c(C=O)cc4ccccc4n3c2-c2ccccc2)cc1. The molecule has 0 unspecified atom stereocenters. The standard InChI is InChI=1S/C34H25NO3/c1-22-12-14-25(15-13-22)34(37)31-30(23-16-18-28(38-2)19-17-23)32(24-8-4-3-5-9-24)35-29-11-7-6-10-26(29)20-27(21-36)33(31)35/h3-21H,1-2H3. The molecule has 0 fully saturated rings. The summed E-state index contributed by atoms with van der Waals surface area (Å²) in [5.41, 5.74) is 7.60. The summed E-state index contributed by atoms with van der Waals surface area (Å²) in [5.74, 6) is 0.595. The Kier molecular flexibility index (Phi) is 5.85. The number of aryl methyl sites for hydroxylation is 1. The maximum atomic E-state index is 14.4. The number of rotatable bonds is 6. The first-order chi connectivity index (χ1) is 18.6. The Morgan fingerprint density at radius 1 is 0.789 bits per heavy atom. The molecular formula is C34H25NO3. The van der Waals surface area contributed by atoms with Crippen LogP contribution in [0.15, 0.2) is 109 Å². The van der Waals surface area contributed by atoms with Crippen molar-refractivity contribution in [2.75, 3.05) is 7.11 Å². The van der Waals surface area contributed by atoms with Gasteiger partial charge in [0.2, 0.25) is 0 Å². The lowest BCUT2D eigenvalue weighted by Gasteiger charge is -2.11. The number of pyridine rings is 1. The lowest BCUT2D eigenvalue weighted by Crippen LogP contribution is -2.04. The van der Waals surface area contributed by atoms with Crippen LogP contribution in [-0.4, -0.2) is 23.6 Å². The third kappa shape index (κ3) is 3.78. The number of aldehydes is 1. The van der Waals surface area contributed by atoms with Crippen LogP contribution in [0.2, 0.25) is 0 Å². The molecule has 0 saturated heterocycles. The van der Waals surface area contributed by atoms with E-state index in [2.05, 4.69) is 4.40 Å². The van der Waals surface area contributed by atoms with Crippen molar-refractivity contribution in [1.29, 1.82) is 0 Å². The van der Waals surface area contributed by atoms with E-state index in [1.165, 1.54) is 0 Å². The van der Waals surface area contributed by atoms with Gasteiger partial charge in [-0.05, 0) is 47.7 Å². The molecule has 0 atom stereocenters. The molecule has 0 aliphatic heterocycles. The number of hydrogen-bond acceptors (Lipinski definition) is 3. The summed E-state index contributed by atoms with van der Waals surface area (Å²) in [6.45, 7) is 1.99. The molecule has 0 amide bonds. The van der Waals surface area contributed by atoms with Gasteiger partial charge in [-0.25, -0.2) is 0 Å². The summed E-state index contributed by atoms with van der Waals surface area (Å²) in [7, 11) is 1.63. The van der Waals surface area contributed by atoms with Crippen LogP contribution in [0.3, 0.4) is 0 Å². The molecule has 2 aromatic heterocycles. The zero-order valence-electron chi connectivity index (χ0n) is 21.1. The summed E-state index contributed by atoms with van der Waals surface area (Å²) >= 11 is 0. The van der Waals surface area contributed by atoms with Crippen molar-refractivity contribution in [1.82, 2.24) is 4.40 Å². The molecule has 0 radical (unpaired) electrons. The van der Waals surface area contributed by atoms with Crippen LogP contribution in [-0.2, 0) is 0 Å². The first kappa shape index (κ1) is 23.4. The van der Waals surface area contributed by atoms with Crippen molar-refractivity contribution in [3.05, 3.63) is 131 Å². The largest absolute Gasteiger partial charge is 0.497 e. The Bertz CT molecular complexity index is 1810. The minimum atomic E-state index is -0.131. The van der Waals surface area contributed by atoms with Gasteiger partial charge in [0.1, 0.15) is 5.75 Å². The van der Waals surface area contributed by atoms with E-state index >= 15 is 0 Å². The fourth-order valence-electron chi connectivity index (χ4n) is 5.20. The third-order valence-corrected chi connectivity index (χ3v) is 7.03. The minimum Gasteiger partial charge on any atom is -0.497 e. The van der Waals surface area contributed by atoms with E-state index in [4.69, 9.17) is 4.74 Å². The number of carbonyl (C=O) groups excluding carboxylic acids is 2. The molecule has 2 heterocycles. The highest BCUT2D eigenvalue weighted by molar-refractivity contribution is 6.22. The molecule has 4 heteroatoms. The van der Waals surface area contributed by atoms with E-state index in [0.717, 1.165) is 50.9 Å². The maximum Gasteiger partial charge on any atom is 0.195 e. The predicted molar refractivity (Wildman–Crippen MR) is 152 cm³/mol. The van der Waals surface area contributed by atoms with Crippen LogP contribution in [0.5, 0.6) is 5.75 Å². The molecule has 38 heavy (non-hydrogen) atoms. The molecule has 0 spiro atoms. The van der Waals surface area contributed by atoms with E-state index in [0.29, 0.717) is 22.2 Å². The molecule has 6 aromatic rings. The van der Waals surface area contributed by atoms with Gasteiger partial charge >= 0.3 is 0 Å². The summed E-state index contributed by atoms with van der Waals surface area (Å²) in [4.78, 5) is 26.9. The highest BCUT2D eigenvalue weighted by Crippen LogP contribution is 2.43. The van der Waals surface area contributed by atoms with Crippen LogP contribution < -0.4 is 4.74 Å². The molecular weight excluding hydrogens is 470 g/mol. The number of hydrogen-bond donors (Lipinski definition) is 0. The number of nitrogens with zero attached hydrogens (tertiary/aromatic N) is 1. The predicted octanol–water partition coefficient (Wildman–Crippen LogP) is 7.79. The van der Waals surface area contributed by atoms with Gasteiger partial charge in [0.25, 0.3) is 0 Å². The van der Waals surface area contributed by atoms with Crippen molar-refractivity contribution in [3.8, 4) is 28.1 Å². The molecule has 4 aromatic carbocycles. The molecule has 0 saturated carbocycles. The summed E-state index contributed by atoms with van der Waals surface area (Å²) in [6, 6.07) is 35.1. The number of carbonyl (C=O) groups is 2. The van der Waals surface area contributed by atoms with Crippen LogP contribution in [0.4, 0.5) is 0 Å². The fraction of sp³-hybridized carbons (Fsp3) is 0.0588. The Morgan fingerprint density at radius 2 is 1.47 bits per heavy atom. The number of aromatic nitrogens is 1. The van der Waals surface area contributed by atoms with Crippen molar-refractivity contribution in [2.45, 2.75) is 6.92 Å². The monoisotopic (exact) mass is 495 g/mol. The van der Waals surface area contributed by atoms with Crippen molar-refractivity contribution in [2.24, 2.45) is 0 Å². The normalized spacial score (nSPS) is 11.1. The summed E-state index contributed by atoms with van der Waals surface area (Å²) in [5, 5.41) is 0.921. The molecule has 6 rings (SSSR count). The van der Waals surface area contributed by atoms with Gasteiger partial charge < -0.3 is 9.14 Å². The molecule has 0 bridgehead atoms. The Balaban J connectivity index is 1.84. The van der Waals surface area contributed by atoms with Gasteiger partial charge in [-0.15, -0.1) is 0 Å². The Labute approximate surface area is 220 Å². The molecule has 4 nitrogen and oxygen atoms in total. The van der Waals surface area contributed by atoms with E-state index in [1.54, 1.807) is 7.11 Å². The number of methoxy groups -OCH3 is 1. The first-order valence-corrected chi connectivity index (χ1v) is 12.5. The van der Waals surface area contributed by atoms with E-state index < -0.39 is 0 Å². The highest BCUT2D eigenvalue weighted by Gasteiger charge is 2.29. The second-order valence-corrected chi connectivity index (χ2v) is 9.35. The van der Waals surface area contributed by atoms with Gasteiger partial charge in [0.15, 0.2) is 12.1 Å². The number of benzene rings is 4. The van der Waals surface area contributed by atoms with Gasteiger partial charge in [-0.2, -0.15) is 0 Å². The maximum absolute atomic E-state index is 14.4.